The van der Waals surface area contributed by atoms with Gasteiger partial charge in [-0.15, -0.1) is 0 Å². The van der Waals surface area contributed by atoms with Crippen LogP contribution >= 0.6 is 0 Å². The average molecular weight is 331 g/mol. The van der Waals surface area contributed by atoms with E-state index >= 15 is 0 Å². The number of likely N-dealkylation sites (tertiary alicyclic amines) is 1. The quantitative estimate of drug-likeness (QED) is 0.905. The summed E-state index contributed by atoms with van der Waals surface area (Å²) in [6, 6.07) is 5.59. The molecule has 3 atom stereocenters. The summed E-state index contributed by atoms with van der Waals surface area (Å²) >= 11 is 0. The predicted octanol–water partition coefficient (Wildman–Crippen LogP) is 2.96. The molecule has 24 heavy (non-hydrogen) atoms. The van der Waals surface area contributed by atoms with Crippen LogP contribution in [0.3, 0.4) is 0 Å². The van der Waals surface area contributed by atoms with Gasteiger partial charge in [-0.05, 0) is 44.7 Å². The number of benzene rings is 1. The molecule has 130 valence electrons. The number of rotatable bonds is 2. The van der Waals surface area contributed by atoms with Gasteiger partial charge in [0.1, 0.15) is 0 Å². The van der Waals surface area contributed by atoms with E-state index in [2.05, 4.69) is 0 Å². The molecule has 2 fully saturated rings. The van der Waals surface area contributed by atoms with Crippen molar-refractivity contribution in [3.05, 3.63) is 23.8 Å². The molecular weight excluding hydrogens is 306 g/mol. The summed E-state index contributed by atoms with van der Waals surface area (Å²) in [6.45, 7) is 2.86. The lowest BCUT2D eigenvalue weighted by molar-refractivity contribution is -0.0578. The third kappa shape index (κ3) is 2.55. The van der Waals surface area contributed by atoms with E-state index in [1.165, 1.54) is 0 Å². The maximum Gasteiger partial charge on any atom is 0.258 e. The van der Waals surface area contributed by atoms with Crippen molar-refractivity contribution in [3.8, 4) is 11.5 Å². The molecule has 5 nitrogen and oxygen atoms in total. The highest BCUT2D eigenvalue weighted by molar-refractivity contribution is 5.98. The Morgan fingerprint density at radius 1 is 1.25 bits per heavy atom. The van der Waals surface area contributed by atoms with Gasteiger partial charge in [0.25, 0.3) is 5.91 Å². The monoisotopic (exact) mass is 331 g/mol. The molecule has 4 rings (SSSR count). The van der Waals surface area contributed by atoms with Gasteiger partial charge in [0.05, 0.1) is 11.2 Å². The van der Waals surface area contributed by atoms with Gasteiger partial charge >= 0.3 is 0 Å². The third-order valence-corrected chi connectivity index (χ3v) is 5.90. The van der Waals surface area contributed by atoms with Gasteiger partial charge in [-0.1, -0.05) is 18.9 Å². The minimum atomic E-state index is -0.677. The molecule has 1 aromatic rings. The van der Waals surface area contributed by atoms with Crippen LogP contribution < -0.4 is 9.47 Å². The summed E-state index contributed by atoms with van der Waals surface area (Å²) in [5.41, 5.74) is -0.100. The van der Waals surface area contributed by atoms with Crippen LogP contribution in [0.1, 0.15) is 55.8 Å². The Labute approximate surface area is 142 Å². The maximum atomic E-state index is 13.2. The van der Waals surface area contributed by atoms with Crippen molar-refractivity contribution in [2.75, 3.05) is 13.3 Å². The Morgan fingerprint density at radius 3 is 2.96 bits per heavy atom. The maximum absolute atomic E-state index is 13.2. The minimum absolute atomic E-state index is 0.00113. The van der Waals surface area contributed by atoms with Gasteiger partial charge in [-0.25, -0.2) is 0 Å². The second-order valence-electron chi connectivity index (χ2n) is 7.46. The molecule has 3 aliphatic rings. The summed E-state index contributed by atoms with van der Waals surface area (Å²) in [5.74, 6) is 1.36. The molecule has 5 heteroatoms. The standard InChI is InChI=1S/C19H25NO4/c1-19(22)10-3-2-7-14(19)15-8-5-11-20(15)18(21)13-6-4-9-16-17(13)24-12-23-16/h4,6,9,14-15,22H,2-3,5,7-8,10-12H2,1H3/t14-,15-,19+/m1/s1. The van der Waals surface area contributed by atoms with E-state index in [0.717, 1.165) is 45.1 Å². The summed E-state index contributed by atoms with van der Waals surface area (Å²) in [7, 11) is 0. The molecule has 0 aromatic heterocycles. The van der Waals surface area contributed by atoms with Gasteiger partial charge in [0, 0.05) is 18.5 Å². The highest BCUT2D eigenvalue weighted by Gasteiger charge is 2.45. The Bertz CT molecular complexity index is 642. The van der Waals surface area contributed by atoms with Gasteiger partial charge in [-0.3, -0.25) is 4.79 Å². The van der Waals surface area contributed by atoms with Crippen molar-refractivity contribution in [2.24, 2.45) is 5.92 Å². The second kappa shape index (κ2) is 5.96. The Morgan fingerprint density at radius 2 is 2.12 bits per heavy atom. The Balaban J connectivity index is 1.61. The molecule has 1 saturated carbocycles. The molecule has 2 aliphatic heterocycles. The number of ether oxygens (including phenoxy) is 2. The van der Waals surface area contributed by atoms with E-state index in [-0.39, 0.29) is 24.7 Å². The first-order valence-corrected chi connectivity index (χ1v) is 9.00. The lowest BCUT2D eigenvalue weighted by Crippen LogP contribution is -2.50. The number of fused-ring (bicyclic) bond motifs is 1. The molecule has 0 radical (unpaired) electrons. The first-order chi connectivity index (χ1) is 11.6. The number of hydrogen-bond donors (Lipinski definition) is 1. The van der Waals surface area contributed by atoms with Crippen molar-refractivity contribution in [2.45, 2.75) is 57.1 Å². The van der Waals surface area contributed by atoms with Crippen LogP contribution in [0.15, 0.2) is 18.2 Å². The van der Waals surface area contributed by atoms with E-state index in [1.807, 2.05) is 30.0 Å². The Kier molecular flexibility index (Phi) is 3.91. The largest absolute Gasteiger partial charge is 0.454 e. The highest BCUT2D eigenvalue weighted by atomic mass is 16.7. The number of aliphatic hydroxyl groups is 1. The van der Waals surface area contributed by atoms with Gasteiger partial charge in [0.2, 0.25) is 6.79 Å². The first-order valence-electron chi connectivity index (χ1n) is 9.00. The molecule has 1 aliphatic carbocycles. The molecule has 1 N–H and O–H groups in total. The van der Waals surface area contributed by atoms with Crippen LogP contribution in [0.4, 0.5) is 0 Å². The molecule has 1 aromatic carbocycles. The van der Waals surface area contributed by atoms with Crippen LogP contribution in [0.5, 0.6) is 11.5 Å². The van der Waals surface area contributed by atoms with E-state index in [1.54, 1.807) is 0 Å². The third-order valence-electron chi connectivity index (χ3n) is 5.90. The van der Waals surface area contributed by atoms with Gasteiger partial charge in [-0.2, -0.15) is 0 Å². The number of carbonyl (C=O) groups is 1. The zero-order chi connectivity index (χ0) is 16.7. The lowest BCUT2D eigenvalue weighted by Gasteiger charge is -2.43. The van der Waals surface area contributed by atoms with Crippen LogP contribution in [0.25, 0.3) is 0 Å². The average Bonchev–Trinajstić information content (AvgIpc) is 3.22. The van der Waals surface area contributed by atoms with Crippen LogP contribution in [0.2, 0.25) is 0 Å². The summed E-state index contributed by atoms with van der Waals surface area (Å²) < 4.78 is 10.9. The lowest BCUT2D eigenvalue weighted by atomic mass is 9.72. The first kappa shape index (κ1) is 15.8. The fourth-order valence-corrected chi connectivity index (χ4v) is 4.67. The van der Waals surface area contributed by atoms with Crippen molar-refractivity contribution in [1.82, 2.24) is 4.90 Å². The van der Waals surface area contributed by atoms with Crippen LogP contribution in [-0.2, 0) is 0 Å². The van der Waals surface area contributed by atoms with E-state index in [4.69, 9.17) is 9.47 Å². The van der Waals surface area contributed by atoms with Crippen molar-refractivity contribution >= 4 is 5.91 Å². The van der Waals surface area contributed by atoms with Crippen molar-refractivity contribution in [3.63, 3.8) is 0 Å². The molecule has 0 bridgehead atoms. The molecule has 1 amide bonds. The van der Waals surface area contributed by atoms with Crippen molar-refractivity contribution in [1.29, 1.82) is 0 Å². The topological polar surface area (TPSA) is 59.0 Å². The number of nitrogens with zero attached hydrogens (tertiary/aromatic N) is 1. The smallest absolute Gasteiger partial charge is 0.258 e. The number of hydrogen-bond acceptors (Lipinski definition) is 4. The van der Waals surface area contributed by atoms with Gasteiger partial charge in [0.15, 0.2) is 11.5 Å². The van der Waals surface area contributed by atoms with Crippen molar-refractivity contribution < 1.29 is 19.4 Å². The molecule has 1 saturated heterocycles. The summed E-state index contributed by atoms with van der Waals surface area (Å²) in [4.78, 5) is 15.1. The zero-order valence-corrected chi connectivity index (χ0v) is 14.2. The molecular formula is C19H25NO4. The van der Waals surface area contributed by atoms with Crippen LogP contribution in [-0.4, -0.2) is 40.9 Å². The Hall–Kier alpha value is -1.75. The SMILES string of the molecule is C[C@]1(O)CCCC[C@@H]1[C@H]1CCCN1C(=O)c1cccc2c1OCO2. The number of amides is 1. The fourth-order valence-electron chi connectivity index (χ4n) is 4.67. The highest BCUT2D eigenvalue weighted by Crippen LogP contribution is 2.42. The van der Waals surface area contributed by atoms with Crippen LogP contribution in [0, 0.1) is 5.92 Å². The minimum Gasteiger partial charge on any atom is -0.454 e. The number of para-hydroxylation sites is 1. The number of carbonyl (C=O) groups excluding carboxylic acids is 1. The second-order valence-corrected chi connectivity index (χ2v) is 7.46. The molecule has 0 spiro atoms. The summed E-state index contributed by atoms with van der Waals surface area (Å²) in [6.07, 6.45) is 5.99. The van der Waals surface area contributed by atoms with Gasteiger partial charge < -0.3 is 19.5 Å². The van der Waals surface area contributed by atoms with E-state index < -0.39 is 5.60 Å². The fraction of sp³-hybridized carbons (Fsp3) is 0.632. The molecule has 2 heterocycles. The summed E-state index contributed by atoms with van der Waals surface area (Å²) in [5, 5.41) is 10.8. The van der Waals surface area contributed by atoms with E-state index in [9.17, 15) is 9.90 Å². The normalized spacial score (nSPS) is 32.2. The molecule has 0 unspecified atom stereocenters. The zero-order valence-electron chi connectivity index (χ0n) is 14.2. The predicted molar refractivity (Wildman–Crippen MR) is 89.2 cm³/mol. The van der Waals surface area contributed by atoms with E-state index in [0.29, 0.717) is 17.1 Å².